The van der Waals surface area contributed by atoms with Crippen LogP contribution >= 0.6 is 0 Å². The van der Waals surface area contributed by atoms with Gasteiger partial charge in [0.25, 0.3) is 0 Å². The summed E-state index contributed by atoms with van der Waals surface area (Å²) in [5.41, 5.74) is 1.68. The largest absolute Gasteiger partial charge is 0.465 e. The number of esters is 1. The minimum absolute atomic E-state index is 0.223. The van der Waals surface area contributed by atoms with Crippen molar-refractivity contribution < 1.29 is 9.53 Å². The smallest absolute Gasteiger partial charge is 0.325 e. The molecule has 0 radical (unpaired) electrons. The molecule has 0 spiro atoms. The second kappa shape index (κ2) is 6.93. The number of aryl methyl sites for hydroxylation is 2. The van der Waals surface area contributed by atoms with Gasteiger partial charge >= 0.3 is 5.97 Å². The molecule has 0 fully saturated rings. The number of hydrogen-bond acceptors (Lipinski definition) is 5. The van der Waals surface area contributed by atoms with E-state index in [-0.39, 0.29) is 12.5 Å². The van der Waals surface area contributed by atoms with Crippen molar-refractivity contribution in [3.63, 3.8) is 0 Å². The zero-order valence-corrected chi connectivity index (χ0v) is 11.6. The molecule has 0 bridgehead atoms. The number of hydrogen-bond donors (Lipinski definition) is 0. The monoisotopic (exact) mass is 251 g/mol. The Hall–Kier alpha value is -1.65. The Bertz CT molecular complexity index is 407. The quantitative estimate of drug-likeness (QED) is 0.722. The van der Waals surface area contributed by atoms with Crippen molar-refractivity contribution in [3.8, 4) is 0 Å². The molecule has 0 aromatic carbocycles. The van der Waals surface area contributed by atoms with E-state index in [0.717, 1.165) is 30.2 Å². The van der Waals surface area contributed by atoms with Crippen LogP contribution in [0.3, 0.4) is 0 Å². The summed E-state index contributed by atoms with van der Waals surface area (Å²) in [5, 5.41) is 0. The Labute approximate surface area is 108 Å². The molecule has 0 saturated heterocycles. The highest BCUT2D eigenvalue weighted by molar-refractivity contribution is 5.75. The van der Waals surface area contributed by atoms with Crippen LogP contribution in [-0.4, -0.2) is 35.6 Å². The van der Waals surface area contributed by atoms with E-state index < -0.39 is 0 Å². The zero-order valence-electron chi connectivity index (χ0n) is 11.6. The Morgan fingerprint density at radius 2 is 2.11 bits per heavy atom. The van der Waals surface area contributed by atoms with Gasteiger partial charge < -0.3 is 9.64 Å². The van der Waals surface area contributed by atoms with Crippen LogP contribution in [0.1, 0.15) is 31.7 Å². The lowest BCUT2D eigenvalue weighted by atomic mass is 10.3. The third kappa shape index (κ3) is 3.98. The fourth-order valence-electron chi connectivity index (χ4n) is 1.72. The Morgan fingerprint density at radius 1 is 1.39 bits per heavy atom. The number of ether oxygens (including phenoxy) is 1. The average Bonchev–Trinajstić information content (AvgIpc) is 2.32. The van der Waals surface area contributed by atoms with E-state index in [9.17, 15) is 4.79 Å². The van der Waals surface area contributed by atoms with Gasteiger partial charge in [0.05, 0.1) is 18.0 Å². The number of carbonyl (C=O) groups is 1. The van der Waals surface area contributed by atoms with Gasteiger partial charge in [-0.15, -0.1) is 0 Å². The van der Waals surface area contributed by atoms with E-state index in [1.54, 1.807) is 13.1 Å². The molecule has 0 N–H and O–H groups in total. The maximum absolute atomic E-state index is 11.6. The van der Waals surface area contributed by atoms with Gasteiger partial charge in [0.2, 0.25) is 0 Å². The number of aromatic nitrogens is 2. The summed E-state index contributed by atoms with van der Waals surface area (Å²) in [7, 11) is 0. The predicted molar refractivity (Wildman–Crippen MR) is 70.6 cm³/mol. The van der Waals surface area contributed by atoms with E-state index in [1.807, 2.05) is 18.7 Å². The van der Waals surface area contributed by atoms with Crippen molar-refractivity contribution >= 4 is 11.8 Å². The first-order chi connectivity index (χ1) is 8.58. The first-order valence-electron chi connectivity index (χ1n) is 6.29. The molecule has 100 valence electrons. The minimum atomic E-state index is -0.228. The normalized spacial score (nSPS) is 10.2. The molecule has 5 heteroatoms. The van der Waals surface area contributed by atoms with Crippen LogP contribution < -0.4 is 4.90 Å². The van der Waals surface area contributed by atoms with Crippen molar-refractivity contribution in [3.05, 3.63) is 17.6 Å². The summed E-state index contributed by atoms with van der Waals surface area (Å²) in [6.45, 7) is 9.05. The lowest BCUT2D eigenvalue weighted by Gasteiger charge is -2.23. The molecule has 0 aliphatic rings. The lowest BCUT2D eigenvalue weighted by Crippen LogP contribution is -2.33. The lowest BCUT2D eigenvalue weighted by molar-refractivity contribution is -0.141. The topological polar surface area (TPSA) is 55.3 Å². The number of rotatable bonds is 6. The van der Waals surface area contributed by atoms with E-state index in [4.69, 9.17) is 4.74 Å². The van der Waals surface area contributed by atoms with Crippen LogP contribution in [0.15, 0.2) is 6.20 Å². The first kappa shape index (κ1) is 14.4. The van der Waals surface area contributed by atoms with Crippen LogP contribution in [0.4, 0.5) is 5.82 Å². The van der Waals surface area contributed by atoms with Gasteiger partial charge in [0, 0.05) is 12.7 Å². The standard InChI is InChI=1S/C13H21N3O2/c1-5-7-16(9-12(17)18-6-2)13-11(4)14-8-10(3)15-13/h8H,5-7,9H2,1-4H3. The van der Waals surface area contributed by atoms with Gasteiger partial charge in [-0.05, 0) is 27.2 Å². The highest BCUT2D eigenvalue weighted by Crippen LogP contribution is 2.15. The molecule has 0 amide bonds. The van der Waals surface area contributed by atoms with E-state index in [0.29, 0.717) is 6.61 Å². The highest BCUT2D eigenvalue weighted by atomic mass is 16.5. The second-order valence-corrected chi connectivity index (χ2v) is 4.15. The first-order valence-corrected chi connectivity index (χ1v) is 6.29. The van der Waals surface area contributed by atoms with Crippen LogP contribution in [0, 0.1) is 13.8 Å². The third-order valence-electron chi connectivity index (χ3n) is 2.47. The molecule has 1 heterocycles. The fraction of sp³-hybridized carbons (Fsp3) is 0.615. The minimum Gasteiger partial charge on any atom is -0.465 e. The molecule has 1 aromatic rings. The van der Waals surface area contributed by atoms with E-state index in [1.165, 1.54) is 0 Å². The number of nitrogens with zero attached hydrogens (tertiary/aromatic N) is 3. The summed E-state index contributed by atoms with van der Waals surface area (Å²) >= 11 is 0. The van der Waals surface area contributed by atoms with Crippen LogP contribution in [-0.2, 0) is 9.53 Å². The van der Waals surface area contributed by atoms with E-state index >= 15 is 0 Å². The fourth-order valence-corrected chi connectivity index (χ4v) is 1.72. The molecule has 0 unspecified atom stereocenters. The van der Waals surface area contributed by atoms with Gasteiger partial charge in [-0.1, -0.05) is 6.92 Å². The third-order valence-corrected chi connectivity index (χ3v) is 2.47. The summed E-state index contributed by atoms with van der Waals surface area (Å²) in [4.78, 5) is 22.2. The van der Waals surface area contributed by atoms with Crippen LogP contribution in [0.2, 0.25) is 0 Å². The van der Waals surface area contributed by atoms with Gasteiger partial charge in [0.1, 0.15) is 6.54 Å². The molecule has 1 aromatic heterocycles. The molecule has 0 saturated carbocycles. The molecule has 0 atom stereocenters. The summed E-state index contributed by atoms with van der Waals surface area (Å²) in [5.74, 6) is 0.540. The SMILES string of the molecule is CCCN(CC(=O)OCC)c1nc(C)cnc1C. The average molecular weight is 251 g/mol. The highest BCUT2D eigenvalue weighted by Gasteiger charge is 2.15. The number of anilines is 1. The second-order valence-electron chi connectivity index (χ2n) is 4.15. The predicted octanol–water partition coefficient (Wildman–Crippen LogP) is 1.87. The van der Waals surface area contributed by atoms with Crippen LogP contribution in [0.25, 0.3) is 0 Å². The Morgan fingerprint density at radius 3 is 2.72 bits per heavy atom. The molecule has 0 aliphatic heterocycles. The Balaban J connectivity index is 2.89. The van der Waals surface area contributed by atoms with Gasteiger partial charge in [0.15, 0.2) is 5.82 Å². The molecular weight excluding hydrogens is 230 g/mol. The molecule has 1 rings (SSSR count). The molecular formula is C13H21N3O2. The summed E-state index contributed by atoms with van der Waals surface area (Å²) < 4.78 is 4.98. The molecule has 0 aliphatic carbocycles. The van der Waals surface area contributed by atoms with Gasteiger partial charge in [-0.25, -0.2) is 4.98 Å². The van der Waals surface area contributed by atoms with Crippen molar-refractivity contribution in [1.29, 1.82) is 0 Å². The molecule has 5 nitrogen and oxygen atoms in total. The van der Waals surface area contributed by atoms with Crippen LogP contribution in [0.5, 0.6) is 0 Å². The van der Waals surface area contributed by atoms with Gasteiger partial charge in [-0.2, -0.15) is 0 Å². The zero-order chi connectivity index (χ0) is 13.5. The van der Waals surface area contributed by atoms with Crippen molar-refractivity contribution in [2.75, 3.05) is 24.6 Å². The van der Waals surface area contributed by atoms with E-state index in [2.05, 4.69) is 16.9 Å². The maximum atomic E-state index is 11.6. The Kier molecular flexibility index (Phi) is 5.55. The summed E-state index contributed by atoms with van der Waals surface area (Å²) in [6.07, 6.45) is 2.67. The van der Waals surface area contributed by atoms with Crippen molar-refractivity contribution in [1.82, 2.24) is 9.97 Å². The van der Waals surface area contributed by atoms with Crippen molar-refractivity contribution in [2.24, 2.45) is 0 Å². The van der Waals surface area contributed by atoms with Crippen molar-refractivity contribution in [2.45, 2.75) is 34.1 Å². The number of carbonyl (C=O) groups excluding carboxylic acids is 1. The molecule has 18 heavy (non-hydrogen) atoms. The summed E-state index contributed by atoms with van der Waals surface area (Å²) in [6, 6.07) is 0. The maximum Gasteiger partial charge on any atom is 0.325 e. The van der Waals surface area contributed by atoms with Gasteiger partial charge in [-0.3, -0.25) is 9.78 Å².